The van der Waals surface area contributed by atoms with E-state index in [-0.39, 0.29) is 0 Å². The molecule has 2 aromatic heterocycles. The third-order valence-electron chi connectivity index (χ3n) is 3.60. The molecule has 18 heavy (non-hydrogen) atoms. The molecular formula is C13H18N4O. The van der Waals surface area contributed by atoms with Crippen LogP contribution in [0.3, 0.4) is 0 Å². The van der Waals surface area contributed by atoms with Crippen molar-refractivity contribution in [1.82, 2.24) is 14.6 Å². The van der Waals surface area contributed by atoms with Crippen LogP contribution in [0.25, 0.3) is 5.65 Å². The zero-order valence-corrected chi connectivity index (χ0v) is 10.4. The van der Waals surface area contributed by atoms with Crippen molar-refractivity contribution in [1.29, 1.82) is 0 Å². The van der Waals surface area contributed by atoms with Crippen LogP contribution < -0.4 is 5.73 Å². The quantitative estimate of drug-likeness (QED) is 0.882. The molecule has 0 saturated carbocycles. The molecule has 0 aliphatic carbocycles. The van der Waals surface area contributed by atoms with Gasteiger partial charge in [-0.05, 0) is 30.9 Å². The molecule has 2 N–H and O–H groups in total. The number of pyridine rings is 1. The van der Waals surface area contributed by atoms with Gasteiger partial charge in [-0.25, -0.2) is 0 Å². The fourth-order valence-electron chi connectivity index (χ4n) is 2.57. The summed E-state index contributed by atoms with van der Waals surface area (Å²) in [5.41, 5.74) is 7.74. The Morgan fingerprint density at radius 3 is 2.89 bits per heavy atom. The normalized spacial score (nSPS) is 17.4. The van der Waals surface area contributed by atoms with Crippen molar-refractivity contribution in [2.45, 2.75) is 25.8 Å². The van der Waals surface area contributed by atoms with E-state index in [1.165, 1.54) is 0 Å². The first-order chi connectivity index (χ1) is 8.88. The van der Waals surface area contributed by atoms with Crippen LogP contribution in [0.4, 0.5) is 0 Å². The van der Waals surface area contributed by atoms with Crippen LogP contribution in [0, 0.1) is 5.92 Å². The Morgan fingerprint density at radius 1 is 1.28 bits per heavy atom. The SMILES string of the molecule is NCc1cccc2nnc(CC3CCOCC3)n12. The summed E-state index contributed by atoms with van der Waals surface area (Å²) in [6.45, 7) is 2.24. The zero-order chi connectivity index (χ0) is 12.4. The molecule has 1 aliphatic rings. The Morgan fingerprint density at radius 2 is 2.11 bits per heavy atom. The summed E-state index contributed by atoms with van der Waals surface area (Å²) in [7, 11) is 0. The van der Waals surface area contributed by atoms with Crippen LogP contribution in [-0.2, 0) is 17.7 Å². The van der Waals surface area contributed by atoms with Crippen LogP contribution >= 0.6 is 0 Å². The number of ether oxygens (including phenoxy) is 1. The topological polar surface area (TPSA) is 65.4 Å². The number of nitrogens with zero attached hydrogens (tertiary/aromatic N) is 3. The van der Waals surface area contributed by atoms with E-state index in [0.29, 0.717) is 12.5 Å². The molecule has 0 amide bonds. The van der Waals surface area contributed by atoms with Crippen molar-refractivity contribution in [2.24, 2.45) is 11.7 Å². The molecule has 5 nitrogen and oxygen atoms in total. The molecule has 3 heterocycles. The Labute approximate surface area is 106 Å². The van der Waals surface area contributed by atoms with Gasteiger partial charge in [0, 0.05) is 31.9 Å². The molecule has 0 unspecified atom stereocenters. The molecule has 3 rings (SSSR count). The van der Waals surface area contributed by atoms with Crippen LogP contribution in [0.15, 0.2) is 18.2 Å². The molecule has 0 spiro atoms. The maximum atomic E-state index is 5.78. The number of nitrogens with two attached hydrogens (primary N) is 1. The largest absolute Gasteiger partial charge is 0.381 e. The lowest BCUT2D eigenvalue weighted by Gasteiger charge is -2.21. The number of hydrogen-bond donors (Lipinski definition) is 1. The number of hydrogen-bond acceptors (Lipinski definition) is 4. The monoisotopic (exact) mass is 246 g/mol. The molecule has 96 valence electrons. The summed E-state index contributed by atoms with van der Waals surface area (Å²) >= 11 is 0. The lowest BCUT2D eigenvalue weighted by molar-refractivity contribution is 0.0659. The highest BCUT2D eigenvalue weighted by atomic mass is 16.5. The summed E-state index contributed by atoms with van der Waals surface area (Å²) in [6, 6.07) is 5.98. The second-order valence-electron chi connectivity index (χ2n) is 4.79. The van der Waals surface area contributed by atoms with Crippen LogP contribution in [0.2, 0.25) is 0 Å². The van der Waals surface area contributed by atoms with Crippen molar-refractivity contribution < 1.29 is 4.74 Å². The predicted octanol–water partition coefficient (Wildman–Crippen LogP) is 1.16. The Hall–Kier alpha value is -1.46. The lowest BCUT2D eigenvalue weighted by atomic mass is 9.96. The summed E-state index contributed by atoms with van der Waals surface area (Å²) in [5, 5.41) is 8.53. The molecule has 2 aromatic rings. The van der Waals surface area contributed by atoms with Crippen LogP contribution in [-0.4, -0.2) is 27.8 Å². The van der Waals surface area contributed by atoms with E-state index in [4.69, 9.17) is 10.5 Å². The van der Waals surface area contributed by atoms with E-state index in [9.17, 15) is 0 Å². The number of fused-ring (bicyclic) bond motifs is 1. The molecule has 5 heteroatoms. The van der Waals surface area contributed by atoms with Crippen molar-refractivity contribution in [3.05, 3.63) is 29.7 Å². The van der Waals surface area contributed by atoms with Gasteiger partial charge >= 0.3 is 0 Å². The van der Waals surface area contributed by atoms with Gasteiger partial charge < -0.3 is 10.5 Å². The second kappa shape index (κ2) is 5.04. The first-order valence-electron chi connectivity index (χ1n) is 6.48. The minimum atomic E-state index is 0.510. The smallest absolute Gasteiger partial charge is 0.161 e. The van der Waals surface area contributed by atoms with Crippen molar-refractivity contribution >= 4 is 5.65 Å². The van der Waals surface area contributed by atoms with Gasteiger partial charge in [-0.1, -0.05) is 6.07 Å². The van der Waals surface area contributed by atoms with Gasteiger partial charge in [-0.3, -0.25) is 4.40 Å². The van der Waals surface area contributed by atoms with E-state index in [1.54, 1.807) is 0 Å². The molecule has 0 aromatic carbocycles. The summed E-state index contributed by atoms with van der Waals surface area (Å²) in [4.78, 5) is 0. The fraction of sp³-hybridized carbons (Fsp3) is 0.538. The van der Waals surface area contributed by atoms with Crippen LogP contribution in [0.1, 0.15) is 24.4 Å². The minimum absolute atomic E-state index is 0.510. The van der Waals surface area contributed by atoms with Gasteiger partial charge in [0.2, 0.25) is 0 Å². The standard InChI is InChI=1S/C13H18N4O/c14-9-11-2-1-3-12-15-16-13(17(11)12)8-10-4-6-18-7-5-10/h1-3,10H,4-9,14H2. The van der Waals surface area contributed by atoms with Crippen molar-refractivity contribution in [3.8, 4) is 0 Å². The van der Waals surface area contributed by atoms with E-state index < -0.39 is 0 Å². The highest BCUT2D eigenvalue weighted by Gasteiger charge is 2.18. The maximum Gasteiger partial charge on any atom is 0.161 e. The van der Waals surface area contributed by atoms with E-state index in [2.05, 4.69) is 14.6 Å². The summed E-state index contributed by atoms with van der Waals surface area (Å²) in [5.74, 6) is 1.68. The third kappa shape index (κ3) is 2.11. The summed E-state index contributed by atoms with van der Waals surface area (Å²) < 4.78 is 7.48. The lowest BCUT2D eigenvalue weighted by Crippen LogP contribution is -2.19. The first kappa shape index (κ1) is 11.6. The number of aromatic nitrogens is 3. The van der Waals surface area contributed by atoms with E-state index in [1.807, 2.05) is 18.2 Å². The molecule has 0 atom stereocenters. The first-order valence-corrected chi connectivity index (χ1v) is 6.48. The molecule has 1 aliphatic heterocycles. The molecule has 0 radical (unpaired) electrons. The Balaban J connectivity index is 1.91. The average Bonchev–Trinajstić information content (AvgIpc) is 2.83. The van der Waals surface area contributed by atoms with Gasteiger partial charge in [0.15, 0.2) is 5.65 Å². The second-order valence-corrected chi connectivity index (χ2v) is 4.79. The van der Waals surface area contributed by atoms with Gasteiger partial charge in [0.25, 0.3) is 0 Å². The summed E-state index contributed by atoms with van der Waals surface area (Å²) in [6.07, 6.45) is 3.18. The van der Waals surface area contributed by atoms with Crippen molar-refractivity contribution in [3.63, 3.8) is 0 Å². The Bertz CT molecular complexity index is 531. The molecular weight excluding hydrogens is 228 g/mol. The van der Waals surface area contributed by atoms with Crippen molar-refractivity contribution in [2.75, 3.05) is 13.2 Å². The van der Waals surface area contributed by atoms with Gasteiger partial charge in [0.05, 0.1) is 0 Å². The van der Waals surface area contributed by atoms with Crippen LogP contribution in [0.5, 0.6) is 0 Å². The molecule has 0 bridgehead atoms. The van der Waals surface area contributed by atoms with Gasteiger partial charge in [-0.2, -0.15) is 0 Å². The fourth-order valence-corrected chi connectivity index (χ4v) is 2.57. The highest BCUT2D eigenvalue weighted by molar-refractivity contribution is 5.40. The Kier molecular flexibility index (Phi) is 3.25. The maximum absolute atomic E-state index is 5.78. The van der Waals surface area contributed by atoms with Gasteiger partial charge in [0.1, 0.15) is 5.82 Å². The number of rotatable bonds is 3. The zero-order valence-electron chi connectivity index (χ0n) is 10.4. The molecule has 1 saturated heterocycles. The van der Waals surface area contributed by atoms with Gasteiger partial charge in [-0.15, -0.1) is 10.2 Å². The predicted molar refractivity (Wildman–Crippen MR) is 68.1 cm³/mol. The molecule has 1 fully saturated rings. The highest BCUT2D eigenvalue weighted by Crippen LogP contribution is 2.20. The van der Waals surface area contributed by atoms with E-state index >= 15 is 0 Å². The van der Waals surface area contributed by atoms with E-state index in [0.717, 1.165) is 49.6 Å². The minimum Gasteiger partial charge on any atom is -0.381 e. The average molecular weight is 246 g/mol. The third-order valence-corrected chi connectivity index (χ3v) is 3.60.